The van der Waals surface area contributed by atoms with Crippen LogP contribution in [0.3, 0.4) is 0 Å². The number of methoxy groups -OCH3 is 1. The highest BCUT2D eigenvalue weighted by atomic mass is 35.5. The molecule has 0 saturated carbocycles. The van der Waals surface area contributed by atoms with Gasteiger partial charge < -0.3 is 25.6 Å². The molecule has 37 heavy (non-hydrogen) atoms. The summed E-state index contributed by atoms with van der Waals surface area (Å²) in [6.45, 7) is 0.559. The average Bonchev–Trinajstić information content (AvgIpc) is 3.15. The molecule has 0 aliphatic rings. The van der Waals surface area contributed by atoms with E-state index < -0.39 is 35.3 Å². The molecule has 1 amide bonds. The second kappa shape index (κ2) is 12.4. The standard InChI is InChI=1S/C20H19ClF2N4O3.C2HF3O2/c1-27-19(14(21)10-25-27)13-7-11(3-4-17(13)30-6-5-24)26-20(28)18-15(22)8-12(29-2)9-16(18)23;3-2(4,5)1(6)7/h3-4,7-10H,5-6,24H2,1-2H3,(H,26,28);(H,6,7). The largest absolute Gasteiger partial charge is 0.497 e. The van der Waals surface area contributed by atoms with Crippen LogP contribution in [-0.4, -0.2) is 53.2 Å². The van der Waals surface area contributed by atoms with Gasteiger partial charge in [0.2, 0.25) is 0 Å². The predicted octanol–water partition coefficient (Wildman–Crippen LogP) is 4.25. The molecule has 0 atom stereocenters. The van der Waals surface area contributed by atoms with Gasteiger partial charge in [-0.05, 0) is 18.2 Å². The lowest BCUT2D eigenvalue weighted by atomic mass is 10.1. The van der Waals surface area contributed by atoms with E-state index in [0.29, 0.717) is 28.6 Å². The summed E-state index contributed by atoms with van der Waals surface area (Å²) in [7, 11) is 2.97. The minimum atomic E-state index is -5.08. The number of carboxylic acid groups (broad SMARTS) is 1. The minimum Gasteiger partial charge on any atom is -0.497 e. The fourth-order valence-corrected chi connectivity index (χ4v) is 3.15. The van der Waals surface area contributed by atoms with Gasteiger partial charge >= 0.3 is 12.1 Å². The molecule has 0 saturated heterocycles. The highest BCUT2D eigenvalue weighted by Gasteiger charge is 2.38. The Bertz CT molecular complexity index is 1240. The van der Waals surface area contributed by atoms with Gasteiger partial charge in [-0.1, -0.05) is 11.6 Å². The lowest BCUT2D eigenvalue weighted by Crippen LogP contribution is -2.21. The molecule has 4 N–H and O–H groups in total. The number of nitrogens with two attached hydrogens (primary N) is 1. The van der Waals surface area contributed by atoms with E-state index in [1.807, 2.05) is 0 Å². The molecule has 0 radical (unpaired) electrons. The van der Waals surface area contributed by atoms with Crippen molar-refractivity contribution >= 4 is 29.2 Å². The second-order valence-corrected chi connectivity index (χ2v) is 7.44. The molecule has 3 aromatic rings. The molecule has 2 aromatic carbocycles. The van der Waals surface area contributed by atoms with Crippen molar-refractivity contribution in [2.24, 2.45) is 12.8 Å². The molecule has 9 nitrogen and oxygen atoms in total. The zero-order valence-corrected chi connectivity index (χ0v) is 20.0. The summed E-state index contributed by atoms with van der Waals surface area (Å²) in [5.41, 5.74) is 6.14. The Balaban J connectivity index is 0.000000604. The van der Waals surface area contributed by atoms with Gasteiger partial charge in [0.25, 0.3) is 5.91 Å². The first kappa shape index (κ1) is 29.3. The van der Waals surface area contributed by atoms with Crippen molar-refractivity contribution in [2.45, 2.75) is 6.18 Å². The monoisotopic (exact) mass is 550 g/mol. The number of halogens is 6. The Morgan fingerprint density at radius 2 is 1.78 bits per heavy atom. The molecule has 0 aliphatic carbocycles. The van der Waals surface area contributed by atoms with Crippen LogP contribution in [0.15, 0.2) is 36.5 Å². The molecule has 3 rings (SSSR count). The summed E-state index contributed by atoms with van der Waals surface area (Å²) in [4.78, 5) is 21.4. The number of hydrogen-bond donors (Lipinski definition) is 3. The van der Waals surface area contributed by atoms with Crippen molar-refractivity contribution in [3.63, 3.8) is 0 Å². The number of alkyl halides is 3. The summed E-state index contributed by atoms with van der Waals surface area (Å²) in [6.07, 6.45) is -3.61. The van der Waals surface area contributed by atoms with Gasteiger partial charge in [-0.2, -0.15) is 18.3 Å². The van der Waals surface area contributed by atoms with Crippen molar-refractivity contribution in [1.29, 1.82) is 0 Å². The van der Waals surface area contributed by atoms with Crippen molar-refractivity contribution in [2.75, 3.05) is 25.6 Å². The number of nitrogens with one attached hydrogen (secondary N) is 1. The molecule has 15 heteroatoms. The number of benzene rings is 2. The van der Waals surface area contributed by atoms with Crippen molar-refractivity contribution < 1.29 is 46.1 Å². The summed E-state index contributed by atoms with van der Waals surface area (Å²) in [5, 5.41) is 14.1. The number of aliphatic carboxylic acids is 1. The molecule has 0 unspecified atom stereocenters. The normalized spacial score (nSPS) is 10.8. The molecule has 1 aromatic heterocycles. The van der Waals surface area contributed by atoms with Crippen LogP contribution in [0, 0.1) is 11.6 Å². The topological polar surface area (TPSA) is 129 Å². The van der Waals surface area contributed by atoms with Crippen LogP contribution in [0.4, 0.5) is 27.6 Å². The Morgan fingerprint density at radius 1 is 1.19 bits per heavy atom. The number of carbonyl (C=O) groups excluding carboxylic acids is 1. The average molecular weight is 551 g/mol. The van der Waals surface area contributed by atoms with E-state index in [4.69, 9.17) is 36.7 Å². The third kappa shape index (κ3) is 7.54. The zero-order valence-electron chi connectivity index (χ0n) is 19.2. The molecule has 0 spiro atoms. The zero-order chi connectivity index (χ0) is 27.9. The molecule has 200 valence electrons. The number of ether oxygens (including phenoxy) is 2. The lowest BCUT2D eigenvalue weighted by Gasteiger charge is -2.15. The SMILES string of the molecule is COc1cc(F)c(C(=O)Nc2ccc(OCCN)c(-c3c(Cl)cnn3C)c2)c(F)c1.O=C(O)C(F)(F)F. The van der Waals surface area contributed by atoms with Gasteiger partial charge in [0.1, 0.15) is 35.3 Å². The first-order chi connectivity index (χ1) is 17.3. The Kier molecular flexibility index (Phi) is 9.80. The van der Waals surface area contributed by atoms with E-state index in [1.165, 1.54) is 19.4 Å². The van der Waals surface area contributed by atoms with Crippen molar-refractivity contribution in [3.05, 3.63) is 58.7 Å². The molecule has 0 fully saturated rings. The summed E-state index contributed by atoms with van der Waals surface area (Å²) in [5.74, 6) is -5.36. The maximum atomic E-state index is 14.2. The van der Waals surface area contributed by atoms with Crippen LogP contribution in [0.2, 0.25) is 5.02 Å². The third-order valence-electron chi connectivity index (χ3n) is 4.48. The second-order valence-electron chi connectivity index (χ2n) is 7.04. The number of hydrogen-bond acceptors (Lipinski definition) is 6. The number of aromatic nitrogens is 2. The molecule has 1 heterocycles. The molecule has 0 aliphatic heterocycles. The van der Waals surface area contributed by atoms with E-state index in [1.54, 1.807) is 23.9 Å². The first-order valence-electron chi connectivity index (χ1n) is 10.1. The molecule has 0 bridgehead atoms. The van der Waals surface area contributed by atoms with Crippen molar-refractivity contribution in [1.82, 2.24) is 9.78 Å². The minimum absolute atomic E-state index is 0.0314. The molecular weight excluding hydrogens is 531 g/mol. The van der Waals surface area contributed by atoms with Gasteiger partial charge in [0.05, 0.1) is 24.0 Å². The number of amides is 1. The van der Waals surface area contributed by atoms with Crippen LogP contribution in [0.5, 0.6) is 11.5 Å². The Labute approximate surface area is 211 Å². The molecular formula is C22H20ClF5N4O5. The van der Waals surface area contributed by atoms with E-state index in [0.717, 1.165) is 12.1 Å². The van der Waals surface area contributed by atoms with Crippen LogP contribution in [0.25, 0.3) is 11.3 Å². The predicted molar refractivity (Wildman–Crippen MR) is 123 cm³/mol. The number of carboxylic acids is 1. The van der Waals surface area contributed by atoms with Crippen LogP contribution in [0.1, 0.15) is 10.4 Å². The Morgan fingerprint density at radius 3 is 2.24 bits per heavy atom. The van der Waals surface area contributed by atoms with E-state index in [2.05, 4.69) is 10.4 Å². The number of carbonyl (C=O) groups is 2. The fourth-order valence-electron chi connectivity index (χ4n) is 2.88. The van der Waals surface area contributed by atoms with Crippen molar-refractivity contribution in [3.8, 4) is 22.8 Å². The third-order valence-corrected chi connectivity index (χ3v) is 4.76. The summed E-state index contributed by atoms with van der Waals surface area (Å²) < 4.78 is 72.2. The Hall–Kier alpha value is -3.91. The summed E-state index contributed by atoms with van der Waals surface area (Å²) >= 11 is 6.25. The van der Waals surface area contributed by atoms with Crippen LogP contribution >= 0.6 is 11.6 Å². The maximum Gasteiger partial charge on any atom is 0.490 e. The van der Waals surface area contributed by atoms with Gasteiger partial charge in [-0.25, -0.2) is 13.6 Å². The number of nitrogens with zero attached hydrogens (tertiary/aromatic N) is 2. The van der Waals surface area contributed by atoms with E-state index in [-0.39, 0.29) is 18.0 Å². The van der Waals surface area contributed by atoms with Gasteiger partial charge in [-0.15, -0.1) is 0 Å². The summed E-state index contributed by atoms with van der Waals surface area (Å²) in [6, 6.07) is 6.58. The fraction of sp³-hybridized carbons (Fsp3) is 0.227. The highest BCUT2D eigenvalue weighted by Crippen LogP contribution is 2.36. The number of aryl methyl sites for hydroxylation is 1. The highest BCUT2D eigenvalue weighted by molar-refractivity contribution is 6.33. The van der Waals surface area contributed by atoms with Gasteiger partial charge in [-0.3, -0.25) is 9.48 Å². The number of anilines is 1. The lowest BCUT2D eigenvalue weighted by molar-refractivity contribution is -0.192. The maximum absolute atomic E-state index is 14.2. The van der Waals surface area contributed by atoms with Gasteiger partial charge in [0.15, 0.2) is 0 Å². The smallest absolute Gasteiger partial charge is 0.490 e. The van der Waals surface area contributed by atoms with E-state index >= 15 is 0 Å². The van der Waals surface area contributed by atoms with Gasteiger partial charge in [0, 0.05) is 37.0 Å². The van der Waals surface area contributed by atoms with E-state index in [9.17, 15) is 26.7 Å². The number of rotatable bonds is 7. The quantitative estimate of drug-likeness (QED) is 0.375. The van der Waals surface area contributed by atoms with Crippen LogP contribution < -0.4 is 20.5 Å². The van der Waals surface area contributed by atoms with Crippen LogP contribution in [-0.2, 0) is 11.8 Å². The first-order valence-corrected chi connectivity index (χ1v) is 10.5.